The van der Waals surface area contributed by atoms with Crippen LogP contribution in [-0.2, 0) is 14.2 Å². The third-order valence-corrected chi connectivity index (χ3v) is 8.79. The molecule has 5 rings (SSSR count). The Balaban J connectivity index is 1.45. The molecule has 3 aliphatic rings. The van der Waals surface area contributed by atoms with Crippen LogP contribution in [0.5, 0.6) is 5.75 Å². The molecule has 0 bridgehead atoms. The van der Waals surface area contributed by atoms with E-state index >= 15 is 0 Å². The summed E-state index contributed by atoms with van der Waals surface area (Å²) in [6, 6.07) is 13.3. The van der Waals surface area contributed by atoms with E-state index in [9.17, 15) is 29.8 Å². The summed E-state index contributed by atoms with van der Waals surface area (Å²) in [4.78, 5) is 28.8. The fraction of sp³-hybridized carbons (Fsp3) is 0.419. The number of hydrogen-bond donors (Lipinski definition) is 4. The summed E-state index contributed by atoms with van der Waals surface area (Å²) in [5.41, 5.74) is 4.78. The van der Waals surface area contributed by atoms with Gasteiger partial charge >= 0.3 is 14.2 Å². The second kappa shape index (κ2) is 12.0. The molecular formula is C31H37B2NO7. The van der Waals surface area contributed by atoms with Gasteiger partial charge in [-0.2, -0.15) is 0 Å². The summed E-state index contributed by atoms with van der Waals surface area (Å²) < 4.78 is 6.13. The Morgan fingerprint density at radius 2 is 1.88 bits per heavy atom. The van der Waals surface area contributed by atoms with Crippen LogP contribution < -0.4 is 10.4 Å². The van der Waals surface area contributed by atoms with E-state index in [2.05, 4.69) is 26.8 Å². The van der Waals surface area contributed by atoms with Crippen molar-refractivity contribution in [3.8, 4) is 5.75 Å². The summed E-state index contributed by atoms with van der Waals surface area (Å²) in [6.07, 6.45) is 4.54. The zero-order valence-corrected chi connectivity index (χ0v) is 23.7. The lowest BCUT2D eigenvalue weighted by atomic mass is 9.57. The normalized spacial score (nSPS) is 24.7. The number of phenolic OH excluding ortho intramolecular Hbond substituents is 1. The first-order valence-corrected chi connectivity index (χ1v) is 14.5. The van der Waals surface area contributed by atoms with E-state index in [1.54, 1.807) is 24.3 Å². The molecule has 4 N–H and O–H groups in total. The minimum Gasteiger partial charge on any atom is -0.508 e. The standard InChI is InChI=1S/C31H37B2NO7/c1-4-19(13-20-7-5-10-23(35)14-20)11-12-27-28-24(18(2)3)16-25-29(26(28)17-32(38)41-27)31(37)34(30(25)36)22-9-6-8-21(15-22)33(39)40/h5-10,13-15,18,25-27,29,35,38-40H,4,11-12,16-17H2,1-3H3/b19-13+/t25-,26+,27-,29-/m1/s1. The van der Waals surface area contributed by atoms with E-state index in [4.69, 9.17) is 4.65 Å². The van der Waals surface area contributed by atoms with E-state index < -0.39 is 26.1 Å². The first kappa shape index (κ1) is 29.3. The molecule has 2 fully saturated rings. The zero-order chi connectivity index (χ0) is 29.4. The van der Waals surface area contributed by atoms with Gasteiger partial charge in [-0.25, -0.2) is 0 Å². The first-order chi connectivity index (χ1) is 19.6. The monoisotopic (exact) mass is 557 g/mol. The van der Waals surface area contributed by atoms with Gasteiger partial charge in [-0.15, -0.1) is 0 Å². The number of carbonyl (C=O) groups is 2. The van der Waals surface area contributed by atoms with Crippen LogP contribution in [0.3, 0.4) is 0 Å². The quantitative estimate of drug-likeness (QED) is 0.223. The Morgan fingerprint density at radius 1 is 1.12 bits per heavy atom. The fourth-order valence-corrected chi connectivity index (χ4v) is 6.85. The molecule has 0 radical (unpaired) electrons. The van der Waals surface area contributed by atoms with E-state index in [0.717, 1.165) is 23.1 Å². The Kier molecular flexibility index (Phi) is 8.57. The Hall–Kier alpha value is -3.17. The number of fused-ring (bicyclic) bond motifs is 3. The highest BCUT2D eigenvalue weighted by Crippen LogP contribution is 2.52. The molecule has 0 saturated carbocycles. The number of rotatable bonds is 8. The molecule has 2 aliphatic heterocycles. The van der Waals surface area contributed by atoms with E-state index in [-0.39, 0.29) is 47.3 Å². The van der Waals surface area contributed by atoms with Crippen molar-refractivity contribution in [2.45, 2.75) is 58.9 Å². The molecule has 2 aromatic rings. The molecule has 1 aliphatic carbocycles. The predicted molar refractivity (Wildman–Crippen MR) is 159 cm³/mol. The van der Waals surface area contributed by atoms with Gasteiger partial charge in [0, 0.05) is 0 Å². The van der Waals surface area contributed by atoms with Crippen LogP contribution >= 0.6 is 0 Å². The number of phenols is 1. The molecule has 4 atom stereocenters. The number of allylic oxidation sites excluding steroid dienone is 2. The van der Waals surface area contributed by atoms with Crippen molar-refractivity contribution < 1.29 is 34.4 Å². The summed E-state index contributed by atoms with van der Waals surface area (Å²) in [7, 11) is -2.77. The number of carbonyl (C=O) groups excluding carboxylic acids is 2. The van der Waals surface area contributed by atoms with Crippen molar-refractivity contribution in [3.05, 3.63) is 70.8 Å². The topological polar surface area (TPSA) is 128 Å². The smallest absolute Gasteiger partial charge is 0.488 e. The van der Waals surface area contributed by atoms with E-state index in [1.807, 2.05) is 12.1 Å². The van der Waals surface area contributed by atoms with Crippen LogP contribution in [0.4, 0.5) is 5.69 Å². The molecule has 8 nitrogen and oxygen atoms in total. The molecule has 2 heterocycles. The maximum atomic E-state index is 13.9. The van der Waals surface area contributed by atoms with Gasteiger partial charge < -0.3 is 24.8 Å². The van der Waals surface area contributed by atoms with Crippen molar-refractivity contribution in [1.82, 2.24) is 0 Å². The molecule has 2 amide bonds. The third kappa shape index (κ3) is 5.79. The minimum atomic E-state index is -1.72. The number of hydrogen-bond acceptors (Lipinski definition) is 7. The number of anilines is 1. The number of amides is 2. The van der Waals surface area contributed by atoms with Crippen molar-refractivity contribution in [3.63, 3.8) is 0 Å². The molecule has 214 valence electrons. The highest BCUT2D eigenvalue weighted by molar-refractivity contribution is 6.58. The predicted octanol–water partition coefficient (Wildman–Crippen LogP) is 3.30. The lowest BCUT2D eigenvalue weighted by Gasteiger charge is -2.44. The molecule has 0 aromatic heterocycles. The maximum Gasteiger partial charge on any atom is 0.488 e. The van der Waals surface area contributed by atoms with Crippen molar-refractivity contribution >= 4 is 43.3 Å². The molecular weight excluding hydrogens is 520 g/mol. The van der Waals surface area contributed by atoms with Gasteiger partial charge in [-0.05, 0) is 84.7 Å². The summed E-state index contributed by atoms with van der Waals surface area (Å²) in [5, 5.41) is 40.0. The van der Waals surface area contributed by atoms with Gasteiger partial charge in [0.05, 0.1) is 23.6 Å². The summed E-state index contributed by atoms with van der Waals surface area (Å²) in [5.74, 6) is -1.75. The van der Waals surface area contributed by atoms with E-state index in [0.29, 0.717) is 24.9 Å². The molecule has 10 heteroatoms. The van der Waals surface area contributed by atoms with Gasteiger partial charge in [-0.1, -0.05) is 62.3 Å². The Morgan fingerprint density at radius 3 is 2.56 bits per heavy atom. The van der Waals surface area contributed by atoms with Crippen LogP contribution in [0.2, 0.25) is 6.32 Å². The summed E-state index contributed by atoms with van der Waals surface area (Å²) >= 11 is 0. The second-order valence-electron chi connectivity index (χ2n) is 11.7. The third-order valence-electron chi connectivity index (χ3n) is 8.79. The van der Waals surface area contributed by atoms with Crippen molar-refractivity contribution in [2.75, 3.05) is 4.90 Å². The van der Waals surface area contributed by atoms with Crippen LogP contribution in [-0.4, -0.2) is 52.3 Å². The van der Waals surface area contributed by atoms with Gasteiger partial charge in [-0.3, -0.25) is 14.5 Å². The molecule has 2 saturated heterocycles. The van der Waals surface area contributed by atoms with Gasteiger partial charge in [0.2, 0.25) is 11.8 Å². The fourth-order valence-electron chi connectivity index (χ4n) is 6.85. The highest BCUT2D eigenvalue weighted by Gasteiger charge is 2.57. The Labute approximate surface area is 241 Å². The zero-order valence-electron chi connectivity index (χ0n) is 23.7. The number of imide groups is 1. The molecule has 41 heavy (non-hydrogen) atoms. The average Bonchev–Trinajstić information content (AvgIpc) is 3.19. The van der Waals surface area contributed by atoms with E-state index in [1.165, 1.54) is 22.6 Å². The largest absolute Gasteiger partial charge is 0.508 e. The highest BCUT2D eigenvalue weighted by atomic mass is 16.5. The van der Waals surface area contributed by atoms with Crippen LogP contribution in [0.25, 0.3) is 6.08 Å². The van der Waals surface area contributed by atoms with Crippen molar-refractivity contribution in [2.24, 2.45) is 23.7 Å². The Bertz CT molecular complexity index is 1390. The maximum absolute atomic E-state index is 13.9. The first-order valence-electron chi connectivity index (χ1n) is 14.5. The lowest BCUT2D eigenvalue weighted by molar-refractivity contribution is -0.122. The number of aromatic hydroxyl groups is 1. The lowest BCUT2D eigenvalue weighted by Crippen LogP contribution is -2.46. The van der Waals surface area contributed by atoms with Crippen LogP contribution in [0, 0.1) is 23.7 Å². The SMILES string of the molecule is CC/C(=C\c1cccc(O)c1)CC[C@H]1OB(O)C[C@H]2C1=C(C(C)C)C[C@H]1C(=O)N(c3cccc(B(O)O)c3)C(=O)[C@H]12. The molecule has 0 spiro atoms. The van der Waals surface area contributed by atoms with Crippen LogP contribution in [0.1, 0.15) is 52.0 Å². The number of benzene rings is 2. The van der Waals surface area contributed by atoms with Gasteiger partial charge in [0.1, 0.15) is 5.75 Å². The second-order valence-corrected chi connectivity index (χ2v) is 11.7. The summed E-state index contributed by atoms with van der Waals surface area (Å²) in [6.45, 7) is 6.26. The van der Waals surface area contributed by atoms with Gasteiger partial charge in [0.25, 0.3) is 0 Å². The molecule has 0 unspecified atom stereocenters. The van der Waals surface area contributed by atoms with Gasteiger partial charge in [0.15, 0.2) is 0 Å². The number of nitrogens with zero attached hydrogens (tertiary/aromatic N) is 1. The average molecular weight is 557 g/mol. The van der Waals surface area contributed by atoms with Crippen molar-refractivity contribution in [1.29, 1.82) is 0 Å². The molecule has 2 aromatic carbocycles. The van der Waals surface area contributed by atoms with Crippen LogP contribution in [0.15, 0.2) is 65.3 Å². The minimum absolute atomic E-state index is 0.132.